The van der Waals surface area contributed by atoms with Crippen LogP contribution in [0.15, 0.2) is 23.0 Å². The van der Waals surface area contributed by atoms with E-state index in [1.54, 1.807) is 0 Å². The lowest BCUT2D eigenvalue weighted by Gasteiger charge is -2.05. The molecule has 0 aliphatic rings. The van der Waals surface area contributed by atoms with E-state index in [-0.39, 0.29) is 11.5 Å². The molecule has 0 aromatic carbocycles. The fourth-order valence-corrected chi connectivity index (χ4v) is 1.15. The Balaban J connectivity index is 2.41. The second kappa shape index (κ2) is 4.09. The summed E-state index contributed by atoms with van der Waals surface area (Å²) in [6.07, 6.45) is -2.77. The molecule has 0 bridgehead atoms. The van der Waals surface area contributed by atoms with Crippen LogP contribution in [0.2, 0.25) is 0 Å². The number of primary amides is 1. The SMILES string of the molecule is NC(=O)c1noc(-c2cncc(C(F)(F)F)c2)n1. The predicted octanol–water partition coefficient (Wildman–Crippen LogP) is 1.25. The zero-order valence-electron chi connectivity index (χ0n) is 8.60. The van der Waals surface area contributed by atoms with Gasteiger partial charge in [0, 0.05) is 12.4 Å². The van der Waals surface area contributed by atoms with E-state index in [0.29, 0.717) is 6.20 Å². The average molecular weight is 258 g/mol. The lowest BCUT2D eigenvalue weighted by atomic mass is 10.2. The van der Waals surface area contributed by atoms with Gasteiger partial charge in [-0.3, -0.25) is 9.78 Å². The number of hydrogen-bond donors (Lipinski definition) is 1. The quantitative estimate of drug-likeness (QED) is 0.874. The van der Waals surface area contributed by atoms with Crippen LogP contribution in [0.1, 0.15) is 16.2 Å². The molecular formula is C9H5F3N4O2. The van der Waals surface area contributed by atoms with Gasteiger partial charge in [0.25, 0.3) is 17.6 Å². The van der Waals surface area contributed by atoms with Gasteiger partial charge in [-0.2, -0.15) is 18.2 Å². The van der Waals surface area contributed by atoms with Crippen LogP contribution in [-0.4, -0.2) is 21.0 Å². The van der Waals surface area contributed by atoms with Gasteiger partial charge < -0.3 is 10.3 Å². The number of halogens is 3. The maximum absolute atomic E-state index is 12.4. The Kier molecular flexibility index (Phi) is 2.73. The van der Waals surface area contributed by atoms with Crippen molar-refractivity contribution in [3.63, 3.8) is 0 Å². The van der Waals surface area contributed by atoms with Crippen molar-refractivity contribution in [1.29, 1.82) is 0 Å². The van der Waals surface area contributed by atoms with E-state index in [2.05, 4.69) is 19.6 Å². The molecule has 2 aromatic rings. The van der Waals surface area contributed by atoms with Crippen molar-refractivity contribution < 1.29 is 22.5 Å². The molecule has 2 aromatic heterocycles. The van der Waals surface area contributed by atoms with Gasteiger partial charge in [0.2, 0.25) is 0 Å². The normalized spacial score (nSPS) is 11.5. The predicted molar refractivity (Wildman–Crippen MR) is 51.0 cm³/mol. The van der Waals surface area contributed by atoms with E-state index in [1.165, 1.54) is 0 Å². The van der Waals surface area contributed by atoms with Crippen LogP contribution < -0.4 is 5.73 Å². The van der Waals surface area contributed by atoms with Gasteiger partial charge in [-0.1, -0.05) is 5.16 Å². The van der Waals surface area contributed by atoms with E-state index < -0.39 is 23.5 Å². The summed E-state index contributed by atoms with van der Waals surface area (Å²) in [5, 5.41) is 3.21. The minimum atomic E-state index is -4.53. The van der Waals surface area contributed by atoms with Crippen molar-refractivity contribution in [3.05, 3.63) is 29.8 Å². The van der Waals surface area contributed by atoms with Gasteiger partial charge in [0.05, 0.1) is 11.1 Å². The molecule has 0 fully saturated rings. The Morgan fingerprint density at radius 1 is 1.33 bits per heavy atom. The number of alkyl halides is 3. The van der Waals surface area contributed by atoms with Crippen LogP contribution in [0, 0.1) is 0 Å². The highest BCUT2D eigenvalue weighted by Crippen LogP contribution is 2.30. The highest BCUT2D eigenvalue weighted by Gasteiger charge is 2.31. The number of amides is 1. The maximum atomic E-state index is 12.4. The maximum Gasteiger partial charge on any atom is 0.417 e. The monoisotopic (exact) mass is 258 g/mol. The molecule has 6 nitrogen and oxygen atoms in total. The Hall–Kier alpha value is -2.45. The minimum Gasteiger partial charge on any atom is -0.363 e. The minimum absolute atomic E-state index is 0.0511. The number of rotatable bonds is 2. The summed E-state index contributed by atoms with van der Waals surface area (Å²) in [5.41, 5.74) is 3.87. The smallest absolute Gasteiger partial charge is 0.363 e. The summed E-state index contributed by atoms with van der Waals surface area (Å²) >= 11 is 0. The van der Waals surface area contributed by atoms with Crippen LogP contribution in [0.3, 0.4) is 0 Å². The molecule has 0 radical (unpaired) electrons. The molecule has 0 saturated carbocycles. The van der Waals surface area contributed by atoms with Crippen molar-refractivity contribution in [2.75, 3.05) is 0 Å². The lowest BCUT2D eigenvalue weighted by Crippen LogP contribution is -2.12. The van der Waals surface area contributed by atoms with Crippen molar-refractivity contribution in [2.45, 2.75) is 6.18 Å². The van der Waals surface area contributed by atoms with E-state index in [9.17, 15) is 18.0 Å². The molecule has 2 N–H and O–H groups in total. The van der Waals surface area contributed by atoms with Crippen molar-refractivity contribution >= 4 is 5.91 Å². The Bertz CT molecular complexity index is 593. The topological polar surface area (TPSA) is 94.9 Å². The van der Waals surface area contributed by atoms with Gasteiger partial charge in [0.1, 0.15) is 0 Å². The molecule has 0 aliphatic carbocycles. The summed E-state index contributed by atoms with van der Waals surface area (Å²) in [5.74, 6) is -1.62. The summed E-state index contributed by atoms with van der Waals surface area (Å²) in [6, 6.07) is 0.783. The van der Waals surface area contributed by atoms with Crippen LogP contribution >= 0.6 is 0 Å². The van der Waals surface area contributed by atoms with Crippen molar-refractivity contribution in [2.24, 2.45) is 5.73 Å². The van der Waals surface area contributed by atoms with Crippen molar-refractivity contribution in [3.8, 4) is 11.5 Å². The third kappa shape index (κ3) is 2.29. The number of pyridine rings is 1. The molecule has 2 heterocycles. The van der Waals surface area contributed by atoms with Crippen LogP contribution in [-0.2, 0) is 6.18 Å². The number of carbonyl (C=O) groups is 1. The zero-order valence-corrected chi connectivity index (χ0v) is 8.60. The molecule has 2 rings (SSSR count). The number of carbonyl (C=O) groups excluding carboxylic acids is 1. The average Bonchev–Trinajstić information content (AvgIpc) is 2.77. The second-order valence-electron chi connectivity index (χ2n) is 3.25. The van der Waals surface area contributed by atoms with Gasteiger partial charge in [-0.25, -0.2) is 0 Å². The highest BCUT2D eigenvalue weighted by molar-refractivity contribution is 5.88. The molecule has 0 saturated heterocycles. The summed E-state index contributed by atoms with van der Waals surface area (Å²) < 4.78 is 41.9. The van der Waals surface area contributed by atoms with Crippen LogP contribution in [0.4, 0.5) is 13.2 Å². The lowest BCUT2D eigenvalue weighted by molar-refractivity contribution is -0.137. The summed E-state index contributed by atoms with van der Waals surface area (Å²) in [6.45, 7) is 0. The molecule has 0 unspecified atom stereocenters. The van der Waals surface area contributed by atoms with Crippen molar-refractivity contribution in [1.82, 2.24) is 15.1 Å². The fraction of sp³-hybridized carbons (Fsp3) is 0.111. The van der Waals surface area contributed by atoms with Crippen LogP contribution in [0.5, 0.6) is 0 Å². The molecule has 0 spiro atoms. The van der Waals surface area contributed by atoms with Gasteiger partial charge in [-0.05, 0) is 6.07 Å². The Morgan fingerprint density at radius 3 is 2.61 bits per heavy atom. The molecule has 1 amide bonds. The highest BCUT2D eigenvalue weighted by atomic mass is 19.4. The standard InChI is InChI=1S/C9H5F3N4O2/c10-9(11,12)5-1-4(2-14-3-5)8-15-7(6(13)17)16-18-8/h1-3H,(H2,13,17). The first-order valence-corrected chi connectivity index (χ1v) is 4.54. The van der Waals surface area contributed by atoms with Gasteiger partial charge in [0.15, 0.2) is 0 Å². The van der Waals surface area contributed by atoms with Gasteiger partial charge >= 0.3 is 6.18 Å². The van der Waals surface area contributed by atoms with Gasteiger partial charge in [-0.15, -0.1) is 0 Å². The zero-order chi connectivity index (χ0) is 13.3. The first-order valence-electron chi connectivity index (χ1n) is 4.54. The molecule has 18 heavy (non-hydrogen) atoms. The fourth-order valence-electron chi connectivity index (χ4n) is 1.15. The first kappa shape index (κ1) is 12.0. The van der Waals surface area contributed by atoms with E-state index in [4.69, 9.17) is 5.73 Å². The van der Waals surface area contributed by atoms with E-state index >= 15 is 0 Å². The molecule has 0 atom stereocenters. The molecule has 0 aliphatic heterocycles. The number of nitrogens with two attached hydrogens (primary N) is 1. The molecule has 9 heteroatoms. The third-order valence-electron chi connectivity index (χ3n) is 1.96. The third-order valence-corrected chi connectivity index (χ3v) is 1.96. The molecular weight excluding hydrogens is 253 g/mol. The summed E-state index contributed by atoms with van der Waals surface area (Å²) in [4.78, 5) is 17.7. The second-order valence-corrected chi connectivity index (χ2v) is 3.25. The Morgan fingerprint density at radius 2 is 2.06 bits per heavy atom. The number of hydrogen-bond acceptors (Lipinski definition) is 5. The summed E-state index contributed by atoms with van der Waals surface area (Å²) in [7, 11) is 0. The first-order chi connectivity index (χ1) is 8.38. The molecule has 94 valence electrons. The van der Waals surface area contributed by atoms with Crippen LogP contribution in [0.25, 0.3) is 11.5 Å². The van der Waals surface area contributed by atoms with E-state index in [0.717, 1.165) is 12.3 Å². The number of nitrogens with zero attached hydrogens (tertiary/aromatic N) is 3. The largest absolute Gasteiger partial charge is 0.417 e. The van der Waals surface area contributed by atoms with E-state index in [1.807, 2.05) is 0 Å². The number of aromatic nitrogens is 3. The Labute approximate surface area is 97.6 Å².